The molecule has 2 saturated carbocycles. The van der Waals surface area contributed by atoms with E-state index in [-0.39, 0.29) is 17.3 Å². The van der Waals surface area contributed by atoms with Crippen molar-refractivity contribution in [2.45, 2.75) is 44.8 Å². The number of hydrogen-bond donors (Lipinski definition) is 2. The van der Waals surface area contributed by atoms with Gasteiger partial charge in [0.05, 0.1) is 12.5 Å². The molecule has 0 saturated heterocycles. The van der Waals surface area contributed by atoms with E-state index in [1.54, 1.807) is 6.92 Å². The molecule has 2 aliphatic rings. The van der Waals surface area contributed by atoms with E-state index in [9.17, 15) is 15.0 Å². The molecule has 0 amide bonds. The molecular formula is C11H18O4. The first-order chi connectivity index (χ1) is 6.99. The highest BCUT2D eigenvalue weighted by atomic mass is 16.5. The molecule has 0 heterocycles. The molecule has 4 heteroatoms. The molecule has 2 fully saturated rings. The van der Waals surface area contributed by atoms with Gasteiger partial charge in [0.2, 0.25) is 0 Å². The van der Waals surface area contributed by atoms with E-state index in [2.05, 4.69) is 0 Å². The lowest BCUT2D eigenvalue weighted by Gasteiger charge is -2.32. The Morgan fingerprint density at radius 2 is 1.93 bits per heavy atom. The third-order valence-electron chi connectivity index (χ3n) is 3.81. The Hall–Kier alpha value is -0.610. The maximum absolute atomic E-state index is 11.5. The topological polar surface area (TPSA) is 66.8 Å². The van der Waals surface area contributed by atoms with Crippen LogP contribution in [0.15, 0.2) is 0 Å². The van der Waals surface area contributed by atoms with Crippen molar-refractivity contribution in [2.75, 3.05) is 6.61 Å². The molecule has 2 rings (SSSR count). The zero-order chi connectivity index (χ0) is 11.1. The monoisotopic (exact) mass is 214 g/mol. The zero-order valence-corrected chi connectivity index (χ0v) is 9.03. The lowest BCUT2D eigenvalue weighted by molar-refractivity contribution is -0.190. The van der Waals surface area contributed by atoms with Gasteiger partial charge in [0.1, 0.15) is 0 Å². The van der Waals surface area contributed by atoms with Crippen molar-refractivity contribution in [1.82, 2.24) is 0 Å². The first-order valence-electron chi connectivity index (χ1n) is 5.60. The van der Waals surface area contributed by atoms with Crippen molar-refractivity contribution >= 4 is 5.97 Å². The predicted octanol–water partition coefficient (Wildman–Crippen LogP) is 0.811. The minimum Gasteiger partial charge on any atom is -0.466 e. The normalized spacial score (nSPS) is 31.3. The molecule has 86 valence electrons. The van der Waals surface area contributed by atoms with Crippen LogP contribution in [0.5, 0.6) is 0 Å². The summed E-state index contributed by atoms with van der Waals surface area (Å²) in [6.07, 6.45) is 3.07. The van der Waals surface area contributed by atoms with Crippen molar-refractivity contribution in [3.05, 3.63) is 0 Å². The Balaban J connectivity index is 1.89. The van der Waals surface area contributed by atoms with Gasteiger partial charge in [-0.05, 0) is 31.6 Å². The van der Waals surface area contributed by atoms with Gasteiger partial charge in [-0.3, -0.25) is 4.79 Å². The van der Waals surface area contributed by atoms with Crippen molar-refractivity contribution in [2.24, 2.45) is 11.3 Å². The summed E-state index contributed by atoms with van der Waals surface area (Å²) >= 11 is 0. The van der Waals surface area contributed by atoms with Gasteiger partial charge in [-0.2, -0.15) is 0 Å². The third-order valence-corrected chi connectivity index (χ3v) is 3.81. The van der Waals surface area contributed by atoms with Crippen molar-refractivity contribution in [3.8, 4) is 0 Å². The average molecular weight is 214 g/mol. The number of esters is 1. The summed E-state index contributed by atoms with van der Waals surface area (Å²) in [5.74, 6) is -1.61. The van der Waals surface area contributed by atoms with E-state index in [0.29, 0.717) is 19.4 Å². The number of rotatable bonds is 2. The first-order valence-corrected chi connectivity index (χ1v) is 5.60. The smallest absolute Gasteiger partial charge is 0.309 e. The van der Waals surface area contributed by atoms with E-state index >= 15 is 0 Å². The molecule has 2 aliphatic carbocycles. The van der Waals surface area contributed by atoms with Gasteiger partial charge in [0.25, 0.3) is 0 Å². The molecule has 0 aromatic heterocycles. The SMILES string of the molecule is CCOC(=O)C1CC12CCC(O)(O)CC2. The summed E-state index contributed by atoms with van der Waals surface area (Å²) < 4.78 is 4.98. The fourth-order valence-electron chi connectivity index (χ4n) is 2.62. The largest absolute Gasteiger partial charge is 0.466 e. The quantitative estimate of drug-likeness (QED) is 0.527. The Kier molecular flexibility index (Phi) is 2.51. The van der Waals surface area contributed by atoms with Crippen LogP contribution < -0.4 is 0 Å². The standard InChI is InChI=1S/C11H18O4/c1-2-15-9(12)8-7-10(8)3-5-11(13,14)6-4-10/h8,13-14H,2-7H2,1H3. The predicted molar refractivity (Wildman–Crippen MR) is 52.8 cm³/mol. The highest BCUT2D eigenvalue weighted by Gasteiger charge is 2.60. The number of aliphatic hydroxyl groups is 2. The lowest BCUT2D eigenvalue weighted by Crippen LogP contribution is -2.35. The van der Waals surface area contributed by atoms with Gasteiger partial charge in [-0.15, -0.1) is 0 Å². The van der Waals surface area contributed by atoms with E-state index in [0.717, 1.165) is 19.3 Å². The third kappa shape index (κ3) is 2.01. The number of hydrogen-bond acceptors (Lipinski definition) is 4. The van der Waals surface area contributed by atoms with Gasteiger partial charge in [-0.25, -0.2) is 0 Å². The summed E-state index contributed by atoms with van der Waals surface area (Å²) in [5, 5.41) is 18.8. The first kappa shape index (κ1) is 10.9. The molecule has 0 aromatic rings. The summed E-state index contributed by atoms with van der Waals surface area (Å²) in [5.41, 5.74) is 0.0290. The summed E-state index contributed by atoms with van der Waals surface area (Å²) in [4.78, 5) is 11.5. The van der Waals surface area contributed by atoms with Crippen LogP contribution in [-0.4, -0.2) is 28.6 Å². The molecule has 0 aliphatic heterocycles. The highest BCUT2D eigenvalue weighted by molar-refractivity contribution is 5.77. The van der Waals surface area contributed by atoms with Crippen LogP contribution in [0.3, 0.4) is 0 Å². The molecule has 1 unspecified atom stereocenters. The molecule has 1 spiro atoms. The summed E-state index contributed by atoms with van der Waals surface area (Å²) in [6.45, 7) is 2.23. The molecule has 0 bridgehead atoms. The van der Waals surface area contributed by atoms with Crippen LogP contribution in [0.2, 0.25) is 0 Å². The van der Waals surface area contributed by atoms with Crippen LogP contribution in [0.4, 0.5) is 0 Å². The van der Waals surface area contributed by atoms with Gasteiger partial charge in [0.15, 0.2) is 5.79 Å². The second-order valence-corrected chi connectivity index (χ2v) is 4.85. The Morgan fingerprint density at radius 1 is 1.33 bits per heavy atom. The zero-order valence-electron chi connectivity index (χ0n) is 9.03. The maximum Gasteiger partial charge on any atom is 0.309 e. The molecular weight excluding hydrogens is 196 g/mol. The van der Waals surface area contributed by atoms with Crippen LogP contribution in [0, 0.1) is 11.3 Å². The van der Waals surface area contributed by atoms with Crippen LogP contribution in [-0.2, 0) is 9.53 Å². The second-order valence-electron chi connectivity index (χ2n) is 4.85. The molecule has 4 nitrogen and oxygen atoms in total. The number of carbonyl (C=O) groups excluding carboxylic acids is 1. The van der Waals surface area contributed by atoms with Gasteiger partial charge < -0.3 is 14.9 Å². The molecule has 0 radical (unpaired) electrons. The number of ether oxygens (including phenoxy) is 1. The lowest BCUT2D eigenvalue weighted by atomic mass is 9.81. The fourth-order valence-corrected chi connectivity index (χ4v) is 2.62. The van der Waals surface area contributed by atoms with E-state index in [1.807, 2.05) is 0 Å². The number of carbonyl (C=O) groups is 1. The van der Waals surface area contributed by atoms with Crippen LogP contribution in [0.1, 0.15) is 39.0 Å². The molecule has 15 heavy (non-hydrogen) atoms. The Bertz CT molecular complexity index is 262. The van der Waals surface area contributed by atoms with Crippen LogP contribution in [0.25, 0.3) is 0 Å². The van der Waals surface area contributed by atoms with Gasteiger partial charge >= 0.3 is 5.97 Å². The average Bonchev–Trinajstić information content (AvgIpc) is 2.87. The summed E-state index contributed by atoms with van der Waals surface area (Å²) in [6, 6.07) is 0. The van der Waals surface area contributed by atoms with Crippen LogP contribution >= 0.6 is 0 Å². The van der Waals surface area contributed by atoms with E-state index in [1.165, 1.54) is 0 Å². The van der Waals surface area contributed by atoms with Crippen molar-refractivity contribution in [1.29, 1.82) is 0 Å². The maximum atomic E-state index is 11.5. The summed E-state index contributed by atoms with van der Waals surface area (Å²) in [7, 11) is 0. The van der Waals surface area contributed by atoms with Gasteiger partial charge in [-0.1, -0.05) is 0 Å². The minimum absolute atomic E-state index is 0.00792. The highest BCUT2D eigenvalue weighted by Crippen LogP contribution is 2.62. The van der Waals surface area contributed by atoms with E-state index < -0.39 is 5.79 Å². The molecule has 1 atom stereocenters. The van der Waals surface area contributed by atoms with Gasteiger partial charge in [0, 0.05) is 12.8 Å². The van der Waals surface area contributed by atoms with E-state index in [4.69, 9.17) is 4.74 Å². The van der Waals surface area contributed by atoms with Crippen molar-refractivity contribution < 1.29 is 19.7 Å². The second kappa shape index (κ2) is 3.46. The minimum atomic E-state index is -1.51. The molecule has 0 aromatic carbocycles. The molecule has 2 N–H and O–H groups in total. The fraction of sp³-hybridized carbons (Fsp3) is 0.909. The van der Waals surface area contributed by atoms with Crippen molar-refractivity contribution in [3.63, 3.8) is 0 Å². The Labute approximate surface area is 89.2 Å². The Morgan fingerprint density at radius 3 is 2.47 bits per heavy atom.